The molecule has 0 bridgehead atoms. The number of Topliss-reactive ketones (excluding diaryl/α,β-unsaturated/α-hetero) is 1. The van der Waals surface area contributed by atoms with Gasteiger partial charge in [-0.1, -0.05) is 47.2 Å². The number of carbonyl (C=O) groups excluding carboxylic acids is 3. The molecule has 1 aliphatic heterocycles. The Kier molecular flexibility index (Phi) is 5.47. The molecule has 1 aliphatic rings. The zero-order chi connectivity index (χ0) is 22.3. The number of ketones is 1. The van der Waals surface area contributed by atoms with Gasteiger partial charge in [0.25, 0.3) is 5.91 Å². The first-order valence-corrected chi connectivity index (χ1v) is 11.0. The maximum absolute atomic E-state index is 13.2. The van der Waals surface area contributed by atoms with Crippen LogP contribution >= 0.6 is 22.7 Å². The number of rotatable bonds is 5. The van der Waals surface area contributed by atoms with Gasteiger partial charge in [0.15, 0.2) is 10.9 Å². The number of ether oxygens (including phenoxy) is 1. The summed E-state index contributed by atoms with van der Waals surface area (Å²) in [6.07, 6.45) is 0. The van der Waals surface area contributed by atoms with Crippen molar-refractivity contribution in [1.29, 1.82) is 0 Å². The quantitative estimate of drug-likeness (QED) is 0.454. The molecule has 4 rings (SSSR count). The van der Waals surface area contributed by atoms with Crippen molar-refractivity contribution < 1.29 is 24.2 Å². The van der Waals surface area contributed by atoms with Crippen molar-refractivity contribution in [1.82, 2.24) is 4.98 Å². The van der Waals surface area contributed by atoms with E-state index in [9.17, 15) is 19.5 Å². The van der Waals surface area contributed by atoms with Crippen LogP contribution in [-0.2, 0) is 9.53 Å². The van der Waals surface area contributed by atoms with Gasteiger partial charge >= 0.3 is 5.97 Å². The zero-order valence-corrected chi connectivity index (χ0v) is 18.5. The molecular formula is C22H18N2O5S2. The highest BCUT2D eigenvalue weighted by Gasteiger charge is 2.46. The summed E-state index contributed by atoms with van der Waals surface area (Å²) in [5, 5.41) is 12.7. The molecule has 0 unspecified atom stereocenters. The number of methoxy groups -OCH3 is 1. The van der Waals surface area contributed by atoms with Crippen molar-refractivity contribution in [2.75, 3.05) is 12.0 Å². The van der Waals surface area contributed by atoms with Gasteiger partial charge in [0.1, 0.15) is 4.88 Å². The fourth-order valence-electron chi connectivity index (χ4n) is 3.41. The summed E-state index contributed by atoms with van der Waals surface area (Å²) >= 11 is 2.21. The minimum absolute atomic E-state index is 0.0104. The average Bonchev–Trinajstić information content (AvgIpc) is 3.47. The number of benzene rings is 1. The lowest BCUT2D eigenvalue weighted by atomic mass is 9.95. The third kappa shape index (κ3) is 3.55. The lowest BCUT2D eigenvalue weighted by Gasteiger charge is -2.24. The van der Waals surface area contributed by atoms with Gasteiger partial charge in [-0.15, -0.1) is 11.3 Å². The second-order valence-corrected chi connectivity index (χ2v) is 8.88. The molecule has 1 amide bonds. The van der Waals surface area contributed by atoms with Crippen molar-refractivity contribution in [2.45, 2.75) is 19.9 Å². The Labute approximate surface area is 186 Å². The van der Waals surface area contributed by atoms with E-state index >= 15 is 0 Å². The number of thiazole rings is 1. The van der Waals surface area contributed by atoms with Crippen LogP contribution < -0.4 is 4.90 Å². The molecule has 0 aliphatic carbocycles. The summed E-state index contributed by atoms with van der Waals surface area (Å²) in [6.45, 7) is 3.57. The van der Waals surface area contributed by atoms with Crippen LogP contribution in [0.15, 0.2) is 53.1 Å². The minimum Gasteiger partial charge on any atom is -0.503 e. The van der Waals surface area contributed by atoms with Crippen molar-refractivity contribution in [3.63, 3.8) is 0 Å². The predicted molar refractivity (Wildman–Crippen MR) is 118 cm³/mol. The Morgan fingerprint density at radius 3 is 2.48 bits per heavy atom. The Balaban J connectivity index is 1.87. The topological polar surface area (TPSA) is 96.8 Å². The van der Waals surface area contributed by atoms with Crippen LogP contribution in [0.1, 0.15) is 42.2 Å². The molecule has 1 aromatic carbocycles. The van der Waals surface area contributed by atoms with Crippen LogP contribution in [0.4, 0.5) is 5.13 Å². The van der Waals surface area contributed by atoms with E-state index < -0.39 is 29.5 Å². The molecule has 0 saturated carbocycles. The zero-order valence-electron chi connectivity index (χ0n) is 16.9. The minimum atomic E-state index is -0.876. The SMILES string of the molecule is COC(=O)c1sc(N2C(=O)C(O)=C(C(=O)c3cccs3)[C@@H]2c2ccc(C)cc2)nc1C. The van der Waals surface area contributed by atoms with E-state index in [2.05, 4.69) is 4.98 Å². The summed E-state index contributed by atoms with van der Waals surface area (Å²) in [4.78, 5) is 44.7. The summed E-state index contributed by atoms with van der Waals surface area (Å²) in [6, 6.07) is 9.86. The van der Waals surface area contributed by atoms with Crippen molar-refractivity contribution in [3.8, 4) is 0 Å². The van der Waals surface area contributed by atoms with E-state index in [1.807, 2.05) is 31.2 Å². The smallest absolute Gasteiger partial charge is 0.350 e. The van der Waals surface area contributed by atoms with Gasteiger partial charge in [0.2, 0.25) is 5.78 Å². The highest BCUT2D eigenvalue weighted by atomic mass is 32.1. The normalized spacial score (nSPS) is 16.2. The predicted octanol–water partition coefficient (Wildman–Crippen LogP) is 4.39. The van der Waals surface area contributed by atoms with E-state index in [4.69, 9.17) is 4.74 Å². The van der Waals surface area contributed by atoms with Crippen LogP contribution in [0.5, 0.6) is 0 Å². The number of thiophene rings is 1. The molecule has 7 nitrogen and oxygen atoms in total. The first-order valence-electron chi connectivity index (χ1n) is 9.30. The van der Waals surface area contributed by atoms with E-state index in [0.717, 1.165) is 16.9 Å². The molecule has 31 heavy (non-hydrogen) atoms. The molecule has 3 aromatic rings. The van der Waals surface area contributed by atoms with Gasteiger partial charge in [-0.3, -0.25) is 14.5 Å². The lowest BCUT2D eigenvalue weighted by Crippen LogP contribution is -2.31. The van der Waals surface area contributed by atoms with Gasteiger partial charge in [-0.25, -0.2) is 9.78 Å². The molecule has 1 N–H and O–H groups in total. The van der Waals surface area contributed by atoms with Crippen molar-refractivity contribution >= 4 is 45.5 Å². The highest BCUT2D eigenvalue weighted by Crippen LogP contribution is 2.44. The number of amides is 1. The molecule has 158 valence electrons. The Hall–Kier alpha value is -3.30. The molecule has 1 atom stereocenters. The van der Waals surface area contributed by atoms with Crippen LogP contribution in [0, 0.1) is 13.8 Å². The summed E-state index contributed by atoms with van der Waals surface area (Å²) < 4.78 is 4.79. The van der Waals surface area contributed by atoms with Crippen LogP contribution in [0.3, 0.4) is 0 Å². The number of hydrogen-bond donors (Lipinski definition) is 1. The first kappa shape index (κ1) is 21.0. The van der Waals surface area contributed by atoms with Crippen molar-refractivity contribution in [3.05, 3.63) is 79.7 Å². The molecule has 0 radical (unpaired) electrons. The number of aliphatic hydroxyl groups excluding tert-OH is 1. The lowest BCUT2D eigenvalue weighted by molar-refractivity contribution is -0.117. The number of aryl methyl sites for hydroxylation is 2. The van der Waals surface area contributed by atoms with Crippen LogP contribution in [-0.4, -0.2) is 34.9 Å². The van der Waals surface area contributed by atoms with E-state index in [-0.39, 0.29) is 15.6 Å². The van der Waals surface area contributed by atoms with Gasteiger partial charge in [-0.05, 0) is 30.9 Å². The summed E-state index contributed by atoms with van der Waals surface area (Å²) in [7, 11) is 1.27. The Morgan fingerprint density at radius 1 is 1.16 bits per heavy atom. The number of aromatic nitrogens is 1. The number of anilines is 1. The second kappa shape index (κ2) is 8.09. The van der Waals surface area contributed by atoms with E-state index in [0.29, 0.717) is 16.1 Å². The summed E-state index contributed by atoms with van der Waals surface area (Å²) in [5.41, 5.74) is 2.05. The standard InChI is InChI=1S/C22H18N2O5S2/c1-11-6-8-13(9-7-11)16-15(17(25)14-5-4-10-30-14)18(26)20(27)24(16)22-23-12(2)19(31-22)21(28)29-3/h4-10,16,26H,1-3H3/t16-/m0/s1. The van der Waals surface area contributed by atoms with Crippen LogP contribution in [0.2, 0.25) is 0 Å². The van der Waals surface area contributed by atoms with Crippen molar-refractivity contribution in [2.24, 2.45) is 0 Å². The molecular weight excluding hydrogens is 436 g/mol. The van der Waals surface area contributed by atoms with Gasteiger partial charge in [0, 0.05) is 0 Å². The highest BCUT2D eigenvalue weighted by molar-refractivity contribution is 7.17. The molecule has 2 aromatic heterocycles. The Bertz CT molecular complexity index is 1210. The summed E-state index contributed by atoms with van der Waals surface area (Å²) in [5.74, 6) is -2.34. The molecule has 0 spiro atoms. The maximum atomic E-state index is 13.2. The third-order valence-electron chi connectivity index (χ3n) is 4.95. The van der Waals surface area contributed by atoms with Gasteiger partial charge in [0.05, 0.1) is 29.3 Å². The number of aliphatic hydroxyl groups is 1. The fourth-order valence-corrected chi connectivity index (χ4v) is 5.10. The van der Waals surface area contributed by atoms with Gasteiger partial charge in [-0.2, -0.15) is 0 Å². The number of nitrogens with zero attached hydrogens (tertiary/aromatic N) is 2. The number of hydrogen-bond acceptors (Lipinski definition) is 8. The van der Waals surface area contributed by atoms with E-state index in [1.54, 1.807) is 24.4 Å². The molecule has 9 heteroatoms. The number of esters is 1. The molecule has 0 fully saturated rings. The maximum Gasteiger partial charge on any atom is 0.350 e. The van der Waals surface area contributed by atoms with Crippen LogP contribution in [0.25, 0.3) is 0 Å². The monoisotopic (exact) mass is 454 g/mol. The Morgan fingerprint density at radius 2 is 1.87 bits per heavy atom. The molecule has 3 heterocycles. The number of carbonyl (C=O) groups is 3. The average molecular weight is 455 g/mol. The second-order valence-electron chi connectivity index (χ2n) is 6.96. The third-order valence-corrected chi connectivity index (χ3v) is 6.96. The largest absolute Gasteiger partial charge is 0.503 e. The van der Waals surface area contributed by atoms with E-state index in [1.165, 1.54) is 23.3 Å². The molecule has 0 saturated heterocycles. The van der Waals surface area contributed by atoms with Gasteiger partial charge < -0.3 is 9.84 Å². The fraction of sp³-hybridized carbons (Fsp3) is 0.182. The first-order chi connectivity index (χ1) is 14.8.